The van der Waals surface area contributed by atoms with E-state index in [0.29, 0.717) is 24.3 Å². The maximum atomic E-state index is 13.2. The summed E-state index contributed by atoms with van der Waals surface area (Å²) in [4.78, 5) is 39.4. The van der Waals surface area contributed by atoms with Crippen molar-refractivity contribution in [3.63, 3.8) is 0 Å². The van der Waals surface area contributed by atoms with Crippen LogP contribution in [0.3, 0.4) is 0 Å². The van der Waals surface area contributed by atoms with Gasteiger partial charge < -0.3 is 10.5 Å². The topological polar surface area (TPSA) is 114 Å². The van der Waals surface area contributed by atoms with Crippen LogP contribution in [0.25, 0.3) is 11.0 Å². The third-order valence-electron chi connectivity index (χ3n) is 6.02. The highest BCUT2D eigenvalue weighted by Crippen LogP contribution is 2.19. The number of fused-ring (bicyclic) bond motifs is 1. The normalized spacial score (nSPS) is 11.2. The Hall–Kier alpha value is -4.14. The first kappa shape index (κ1) is 25.0. The molecule has 36 heavy (non-hydrogen) atoms. The van der Waals surface area contributed by atoms with Gasteiger partial charge in [0, 0.05) is 12.1 Å². The quantitative estimate of drug-likeness (QED) is 0.255. The number of carbonyl (C=O) groups is 1. The maximum absolute atomic E-state index is 13.2. The first-order chi connectivity index (χ1) is 17.4. The van der Waals surface area contributed by atoms with Gasteiger partial charge in [0.25, 0.3) is 5.56 Å². The van der Waals surface area contributed by atoms with Crippen molar-refractivity contribution in [2.75, 3.05) is 12.3 Å². The second-order valence-corrected chi connectivity index (χ2v) is 8.70. The monoisotopic (exact) mass is 489 g/mol. The van der Waals surface area contributed by atoms with Gasteiger partial charge in [-0.3, -0.25) is 18.7 Å². The lowest BCUT2D eigenvalue weighted by Crippen LogP contribution is -2.40. The van der Waals surface area contributed by atoms with Gasteiger partial charge in [-0.05, 0) is 42.7 Å². The van der Waals surface area contributed by atoms with E-state index in [1.807, 2.05) is 37.3 Å². The van der Waals surface area contributed by atoms with Crippen LogP contribution in [0.15, 0.2) is 64.2 Å². The number of nitrogens with two attached hydrogens (primary N) is 1. The predicted molar refractivity (Wildman–Crippen MR) is 140 cm³/mol. The Bertz CT molecular complexity index is 1470. The third kappa shape index (κ3) is 5.10. The van der Waals surface area contributed by atoms with Crippen LogP contribution in [-0.2, 0) is 19.6 Å². The third-order valence-corrected chi connectivity index (χ3v) is 6.02. The van der Waals surface area contributed by atoms with Crippen molar-refractivity contribution in [3.8, 4) is 5.75 Å². The Labute approximate surface area is 208 Å². The fourth-order valence-electron chi connectivity index (χ4n) is 4.06. The smallest absolute Gasteiger partial charge is 0.333 e. The number of hydrogen-bond donors (Lipinski definition) is 1. The molecule has 0 bridgehead atoms. The summed E-state index contributed by atoms with van der Waals surface area (Å²) in [7, 11) is 0. The van der Waals surface area contributed by atoms with E-state index in [2.05, 4.69) is 12.0 Å². The highest BCUT2D eigenvalue weighted by Gasteiger charge is 2.22. The van der Waals surface area contributed by atoms with Gasteiger partial charge in [-0.15, -0.1) is 0 Å². The molecule has 2 aromatic carbocycles. The van der Waals surface area contributed by atoms with E-state index in [1.54, 1.807) is 24.3 Å². The Morgan fingerprint density at radius 1 is 0.972 bits per heavy atom. The fourth-order valence-corrected chi connectivity index (χ4v) is 4.06. The summed E-state index contributed by atoms with van der Waals surface area (Å²) in [5.74, 6) is 0.542. The van der Waals surface area contributed by atoms with Gasteiger partial charge in [-0.25, -0.2) is 9.48 Å². The van der Waals surface area contributed by atoms with Crippen molar-refractivity contribution >= 4 is 22.6 Å². The number of Topliss-reactive ketones (excluding diaryl/α,β-unsaturated/α-hetero) is 1. The number of aromatic nitrogens is 4. The Morgan fingerprint density at radius 2 is 1.69 bits per heavy atom. The largest absolute Gasteiger partial charge is 0.494 e. The van der Waals surface area contributed by atoms with E-state index in [0.717, 1.165) is 18.4 Å². The van der Waals surface area contributed by atoms with E-state index >= 15 is 0 Å². The number of rotatable bonds is 11. The van der Waals surface area contributed by atoms with E-state index < -0.39 is 11.2 Å². The molecule has 2 N–H and O–H groups in total. The van der Waals surface area contributed by atoms with Crippen molar-refractivity contribution in [1.82, 2.24) is 18.9 Å². The van der Waals surface area contributed by atoms with Crippen LogP contribution in [0.4, 0.5) is 5.82 Å². The minimum Gasteiger partial charge on any atom is -0.494 e. The predicted octanol–water partition coefficient (Wildman–Crippen LogP) is 3.46. The number of unbranched alkanes of at least 4 members (excludes halogenated alkanes) is 1. The number of nitrogens with zero attached hydrogens (tertiary/aromatic N) is 4. The lowest BCUT2D eigenvalue weighted by atomic mass is 10.1. The number of carbonyl (C=O) groups excluding carboxylic acids is 1. The molecule has 0 aliphatic rings. The first-order valence-corrected chi connectivity index (χ1v) is 12.2. The molecule has 0 atom stereocenters. The molecule has 0 radical (unpaired) electrons. The van der Waals surface area contributed by atoms with E-state index in [-0.39, 0.29) is 42.3 Å². The van der Waals surface area contributed by atoms with Crippen LogP contribution in [0.2, 0.25) is 0 Å². The number of hydrogen-bond acceptors (Lipinski definition) is 6. The van der Waals surface area contributed by atoms with Gasteiger partial charge in [-0.2, -0.15) is 5.10 Å². The zero-order chi connectivity index (χ0) is 25.7. The van der Waals surface area contributed by atoms with Gasteiger partial charge in [0.05, 0.1) is 13.2 Å². The molecule has 4 rings (SSSR count). The average Bonchev–Trinajstić information content (AvgIpc) is 3.21. The molecule has 9 heteroatoms. The molecule has 0 saturated heterocycles. The molecule has 2 aromatic heterocycles. The molecule has 2 heterocycles. The van der Waals surface area contributed by atoms with Crippen LogP contribution in [0.5, 0.6) is 5.75 Å². The highest BCUT2D eigenvalue weighted by molar-refractivity contribution is 5.97. The van der Waals surface area contributed by atoms with E-state index in [1.165, 1.54) is 13.8 Å². The average molecular weight is 490 g/mol. The van der Waals surface area contributed by atoms with Gasteiger partial charge in [0.15, 0.2) is 11.4 Å². The number of ether oxygens (including phenoxy) is 1. The van der Waals surface area contributed by atoms with Crippen LogP contribution >= 0.6 is 0 Å². The highest BCUT2D eigenvalue weighted by atomic mass is 16.5. The molecular formula is C27H31N5O4. The molecule has 0 aliphatic carbocycles. The number of benzene rings is 2. The van der Waals surface area contributed by atoms with Gasteiger partial charge in [-0.1, -0.05) is 50.6 Å². The SMILES string of the molecule is CCCCOc1ccc(C(=O)Cn2nc3c(c2N)c(=O)n(CCC)c(=O)n3Cc2ccccc2)cc1. The summed E-state index contributed by atoms with van der Waals surface area (Å²) >= 11 is 0. The van der Waals surface area contributed by atoms with Crippen molar-refractivity contribution in [1.29, 1.82) is 0 Å². The van der Waals surface area contributed by atoms with Crippen molar-refractivity contribution < 1.29 is 9.53 Å². The fraction of sp³-hybridized carbons (Fsp3) is 0.333. The Balaban J connectivity index is 1.70. The summed E-state index contributed by atoms with van der Waals surface area (Å²) in [5, 5.41) is 4.60. The summed E-state index contributed by atoms with van der Waals surface area (Å²) in [6, 6.07) is 16.4. The summed E-state index contributed by atoms with van der Waals surface area (Å²) in [6.45, 7) is 4.94. The molecule has 0 saturated carbocycles. The van der Waals surface area contributed by atoms with E-state index in [9.17, 15) is 14.4 Å². The van der Waals surface area contributed by atoms with Gasteiger partial charge in [0.1, 0.15) is 23.5 Å². The number of nitrogen functional groups attached to an aromatic ring is 1. The van der Waals surface area contributed by atoms with Crippen molar-refractivity contribution in [2.45, 2.75) is 52.7 Å². The Morgan fingerprint density at radius 3 is 2.36 bits per heavy atom. The molecule has 0 aliphatic heterocycles. The Kier molecular flexibility index (Phi) is 7.68. The van der Waals surface area contributed by atoms with Crippen LogP contribution in [-0.4, -0.2) is 31.3 Å². The van der Waals surface area contributed by atoms with Crippen LogP contribution in [0, 0.1) is 0 Å². The lowest BCUT2D eigenvalue weighted by molar-refractivity contribution is 0.0968. The second kappa shape index (κ2) is 11.1. The minimum atomic E-state index is -0.494. The summed E-state index contributed by atoms with van der Waals surface area (Å²) in [5.41, 5.74) is 6.92. The zero-order valence-electron chi connectivity index (χ0n) is 20.6. The van der Waals surface area contributed by atoms with Gasteiger partial charge in [0.2, 0.25) is 0 Å². The molecule has 188 valence electrons. The second-order valence-electron chi connectivity index (χ2n) is 8.70. The summed E-state index contributed by atoms with van der Waals surface area (Å²) in [6.07, 6.45) is 2.61. The van der Waals surface area contributed by atoms with Crippen LogP contribution in [0.1, 0.15) is 49.0 Å². The molecular weight excluding hydrogens is 458 g/mol. The maximum Gasteiger partial charge on any atom is 0.333 e. The molecule has 0 spiro atoms. The van der Waals surface area contributed by atoms with Crippen molar-refractivity contribution in [2.24, 2.45) is 0 Å². The molecule has 4 aromatic rings. The molecule has 0 amide bonds. The molecule has 9 nitrogen and oxygen atoms in total. The zero-order valence-corrected chi connectivity index (χ0v) is 20.6. The molecule has 0 fully saturated rings. The van der Waals surface area contributed by atoms with E-state index in [4.69, 9.17) is 10.5 Å². The number of ketones is 1. The first-order valence-electron chi connectivity index (χ1n) is 12.2. The number of anilines is 1. The van der Waals surface area contributed by atoms with Crippen LogP contribution < -0.4 is 21.7 Å². The minimum absolute atomic E-state index is 0.0644. The summed E-state index contributed by atoms with van der Waals surface area (Å²) < 4.78 is 9.59. The lowest BCUT2D eigenvalue weighted by Gasteiger charge is -2.10. The standard InChI is InChI=1S/C27H31N5O4/c1-3-5-16-36-21-13-11-20(12-14-21)22(33)18-32-24(28)23-25(29-32)31(17-19-9-7-6-8-10-19)27(35)30(15-4-2)26(23)34/h6-14H,3-5,15-18,28H2,1-2H3. The van der Waals surface area contributed by atoms with Gasteiger partial charge >= 0.3 is 5.69 Å². The molecule has 0 unspecified atom stereocenters. The van der Waals surface area contributed by atoms with Crippen molar-refractivity contribution in [3.05, 3.63) is 86.6 Å².